The summed E-state index contributed by atoms with van der Waals surface area (Å²) < 4.78 is 0. The molecule has 2 aromatic rings. The Labute approximate surface area is 105 Å². The van der Waals surface area contributed by atoms with Gasteiger partial charge in [0.15, 0.2) is 0 Å². The van der Waals surface area contributed by atoms with E-state index in [0.29, 0.717) is 11.3 Å². The smallest absolute Gasteiger partial charge is 0.0686 e. The number of hydrogen-bond acceptors (Lipinski definition) is 1. The molecule has 0 radical (unpaired) electrons. The van der Waals surface area contributed by atoms with Crippen LogP contribution in [-0.4, -0.2) is 10.2 Å². The Kier molecular flexibility index (Phi) is 1.79. The minimum absolute atomic E-state index is 0.577. The van der Waals surface area contributed by atoms with Crippen LogP contribution in [0, 0.1) is 11.3 Å². The van der Waals surface area contributed by atoms with Gasteiger partial charge in [-0.3, -0.25) is 5.10 Å². The van der Waals surface area contributed by atoms with Crippen molar-refractivity contribution in [3.63, 3.8) is 0 Å². The van der Waals surface area contributed by atoms with Gasteiger partial charge >= 0.3 is 0 Å². The summed E-state index contributed by atoms with van der Waals surface area (Å²) in [5.41, 5.74) is 3.10. The van der Waals surface area contributed by atoms with E-state index in [1.54, 1.807) is 0 Å². The first kappa shape index (κ1) is 9.95. The van der Waals surface area contributed by atoms with Crippen molar-refractivity contribution in [1.82, 2.24) is 10.2 Å². The second kappa shape index (κ2) is 3.05. The zero-order chi connectivity index (χ0) is 11.6. The Hall–Kier alpha value is -1.02. The highest BCUT2D eigenvalue weighted by Gasteiger charge is 2.59. The molecule has 88 valence electrons. The number of benzene rings is 1. The molecule has 1 heterocycles. The number of aromatic amines is 1. The first-order valence-electron chi connectivity index (χ1n) is 6.30. The van der Waals surface area contributed by atoms with Gasteiger partial charge in [0.1, 0.15) is 0 Å². The van der Waals surface area contributed by atoms with Gasteiger partial charge in [-0.05, 0) is 54.2 Å². The highest BCUT2D eigenvalue weighted by molar-refractivity contribution is 6.31. The fraction of sp³-hybridized carbons (Fsp3) is 0.500. The zero-order valence-corrected chi connectivity index (χ0v) is 10.6. The lowest BCUT2D eigenvalue weighted by Gasteiger charge is -2.65. The first-order chi connectivity index (χ1) is 8.18. The molecule has 3 fully saturated rings. The molecule has 1 N–H and O–H groups in total. The van der Waals surface area contributed by atoms with Crippen molar-refractivity contribution < 1.29 is 0 Å². The van der Waals surface area contributed by atoms with Crippen molar-refractivity contribution in [2.45, 2.75) is 32.1 Å². The molecule has 0 spiro atoms. The Morgan fingerprint density at radius 3 is 2.82 bits per heavy atom. The molecule has 2 nitrogen and oxygen atoms in total. The Balaban J connectivity index is 1.86. The number of aromatic nitrogens is 2. The van der Waals surface area contributed by atoms with Crippen LogP contribution in [0.4, 0.5) is 0 Å². The normalized spacial score (nSPS) is 32.0. The van der Waals surface area contributed by atoms with E-state index in [1.165, 1.54) is 30.3 Å². The number of hydrogen-bond donors (Lipinski definition) is 1. The van der Waals surface area contributed by atoms with Crippen LogP contribution >= 0.6 is 11.6 Å². The summed E-state index contributed by atoms with van der Waals surface area (Å²) in [5.74, 6) is 1.61. The summed E-state index contributed by atoms with van der Waals surface area (Å²) in [7, 11) is 0. The van der Waals surface area contributed by atoms with Crippen LogP contribution in [0.2, 0.25) is 5.02 Å². The number of H-pyrrole nitrogens is 1. The lowest BCUT2D eigenvalue weighted by atomic mass is 9.40. The van der Waals surface area contributed by atoms with Crippen molar-refractivity contribution in [2.75, 3.05) is 0 Å². The number of fused-ring (bicyclic) bond motifs is 1. The number of nitrogens with one attached hydrogen (secondary N) is 1. The van der Waals surface area contributed by atoms with E-state index in [9.17, 15) is 0 Å². The third-order valence-electron chi connectivity index (χ3n) is 5.01. The molecule has 5 rings (SSSR count). The van der Waals surface area contributed by atoms with Gasteiger partial charge in [0.25, 0.3) is 0 Å². The summed E-state index contributed by atoms with van der Waals surface area (Å²) >= 11 is 6.21. The van der Waals surface area contributed by atoms with E-state index in [0.717, 1.165) is 16.3 Å². The standard InChI is InChI=1S/C14H15ClN2/c1-8(14-4-9(5-14)6-14)12-3-11(15)2-10-7-16-17-13(10)12/h2-3,7-9H,4-6H2,1H3,(H,16,17). The van der Waals surface area contributed by atoms with E-state index in [4.69, 9.17) is 11.6 Å². The van der Waals surface area contributed by atoms with Gasteiger partial charge in [0.2, 0.25) is 0 Å². The van der Waals surface area contributed by atoms with Gasteiger partial charge in [-0.25, -0.2) is 0 Å². The summed E-state index contributed by atoms with van der Waals surface area (Å²) in [6.07, 6.45) is 6.10. The van der Waals surface area contributed by atoms with Crippen LogP contribution < -0.4 is 0 Å². The molecule has 2 bridgehead atoms. The summed E-state index contributed by atoms with van der Waals surface area (Å²) in [4.78, 5) is 0. The monoisotopic (exact) mass is 246 g/mol. The molecule has 1 atom stereocenters. The van der Waals surface area contributed by atoms with Crippen molar-refractivity contribution in [2.24, 2.45) is 11.3 Å². The van der Waals surface area contributed by atoms with Gasteiger partial charge in [-0.2, -0.15) is 5.10 Å². The lowest BCUT2D eigenvalue weighted by Crippen LogP contribution is -2.54. The maximum absolute atomic E-state index is 6.21. The molecule has 0 saturated heterocycles. The third kappa shape index (κ3) is 1.19. The van der Waals surface area contributed by atoms with Crippen molar-refractivity contribution in [1.29, 1.82) is 0 Å². The van der Waals surface area contributed by atoms with Crippen LogP contribution in [-0.2, 0) is 0 Å². The van der Waals surface area contributed by atoms with E-state index in [-0.39, 0.29) is 0 Å². The van der Waals surface area contributed by atoms with E-state index >= 15 is 0 Å². The Bertz CT molecular complexity index is 584. The van der Waals surface area contributed by atoms with Crippen LogP contribution in [0.25, 0.3) is 10.9 Å². The fourth-order valence-electron chi connectivity index (χ4n) is 3.79. The second-order valence-electron chi connectivity index (χ2n) is 5.89. The third-order valence-corrected chi connectivity index (χ3v) is 5.23. The maximum atomic E-state index is 6.21. The molecule has 3 heteroatoms. The number of halogens is 1. The summed E-state index contributed by atoms with van der Waals surface area (Å²) in [5, 5.41) is 9.22. The van der Waals surface area contributed by atoms with E-state index < -0.39 is 0 Å². The molecule has 1 unspecified atom stereocenters. The molecular weight excluding hydrogens is 232 g/mol. The molecule has 0 amide bonds. The van der Waals surface area contributed by atoms with Crippen molar-refractivity contribution in [3.05, 3.63) is 28.9 Å². The topological polar surface area (TPSA) is 28.7 Å². The van der Waals surface area contributed by atoms with Gasteiger partial charge in [0, 0.05) is 10.4 Å². The molecular formula is C14H15ClN2. The molecule has 3 aliphatic rings. The highest BCUT2D eigenvalue weighted by Crippen LogP contribution is 2.70. The quantitative estimate of drug-likeness (QED) is 0.849. The number of nitrogens with zero attached hydrogens (tertiary/aromatic N) is 1. The minimum atomic E-state index is 0.577. The molecule has 3 aliphatic carbocycles. The van der Waals surface area contributed by atoms with Crippen LogP contribution in [0.3, 0.4) is 0 Å². The molecule has 1 aromatic heterocycles. The van der Waals surface area contributed by atoms with Gasteiger partial charge in [0.05, 0.1) is 11.7 Å². The van der Waals surface area contributed by atoms with Crippen molar-refractivity contribution >= 4 is 22.5 Å². The van der Waals surface area contributed by atoms with Gasteiger partial charge < -0.3 is 0 Å². The fourth-order valence-corrected chi connectivity index (χ4v) is 4.03. The maximum Gasteiger partial charge on any atom is 0.0686 e. The predicted molar refractivity (Wildman–Crippen MR) is 69.3 cm³/mol. The Morgan fingerprint density at radius 2 is 2.18 bits per heavy atom. The first-order valence-corrected chi connectivity index (χ1v) is 6.68. The van der Waals surface area contributed by atoms with Gasteiger partial charge in [-0.15, -0.1) is 0 Å². The molecule has 0 aliphatic heterocycles. The van der Waals surface area contributed by atoms with Crippen LogP contribution in [0.1, 0.15) is 37.7 Å². The van der Waals surface area contributed by atoms with E-state index in [2.05, 4.69) is 23.2 Å². The number of rotatable bonds is 2. The molecule has 17 heavy (non-hydrogen) atoms. The average Bonchev–Trinajstić information content (AvgIpc) is 2.58. The predicted octanol–water partition coefficient (Wildman–Crippen LogP) is 4.12. The highest BCUT2D eigenvalue weighted by atomic mass is 35.5. The van der Waals surface area contributed by atoms with Gasteiger partial charge in [-0.1, -0.05) is 18.5 Å². The van der Waals surface area contributed by atoms with Crippen molar-refractivity contribution in [3.8, 4) is 0 Å². The summed E-state index contributed by atoms with van der Waals surface area (Å²) in [6.45, 7) is 2.35. The Morgan fingerprint density at radius 1 is 1.41 bits per heavy atom. The second-order valence-corrected chi connectivity index (χ2v) is 6.33. The zero-order valence-electron chi connectivity index (χ0n) is 9.83. The van der Waals surface area contributed by atoms with Crippen LogP contribution in [0.15, 0.2) is 18.3 Å². The lowest BCUT2D eigenvalue weighted by molar-refractivity contribution is -0.123. The molecule has 1 aromatic carbocycles. The summed E-state index contributed by atoms with van der Waals surface area (Å²) in [6, 6.07) is 4.10. The van der Waals surface area contributed by atoms with E-state index in [1.807, 2.05) is 12.3 Å². The SMILES string of the molecule is CC(c1cc(Cl)cc2cn[nH]c12)C12CC(C1)C2. The average molecular weight is 247 g/mol. The van der Waals surface area contributed by atoms with Crippen LogP contribution in [0.5, 0.6) is 0 Å². The molecule has 3 saturated carbocycles. The largest absolute Gasteiger partial charge is 0.278 e. The minimum Gasteiger partial charge on any atom is -0.278 e.